The highest BCUT2D eigenvalue weighted by molar-refractivity contribution is 7.71. The van der Waals surface area contributed by atoms with Crippen molar-refractivity contribution < 1.29 is 9.59 Å². The first-order valence-corrected chi connectivity index (χ1v) is 11.4. The van der Waals surface area contributed by atoms with Crippen LogP contribution in [0.25, 0.3) is 10.9 Å². The molecule has 8 heteroatoms. The van der Waals surface area contributed by atoms with Crippen LogP contribution in [0.4, 0.5) is 0 Å². The molecule has 0 radical (unpaired) electrons. The van der Waals surface area contributed by atoms with E-state index in [4.69, 9.17) is 12.2 Å². The van der Waals surface area contributed by atoms with Gasteiger partial charge in [-0.3, -0.25) is 19.0 Å². The Balaban J connectivity index is 1.47. The zero-order chi connectivity index (χ0) is 23.5. The van der Waals surface area contributed by atoms with Gasteiger partial charge in [0.05, 0.1) is 10.9 Å². The molecule has 2 amide bonds. The summed E-state index contributed by atoms with van der Waals surface area (Å²) in [5, 5.41) is 0.464. The van der Waals surface area contributed by atoms with Crippen molar-refractivity contribution in [2.24, 2.45) is 0 Å². The molecule has 1 saturated heterocycles. The third-order valence-electron chi connectivity index (χ3n) is 6.00. The number of carbonyl (C=O) groups excluding carboxylic acids is 2. The molecule has 3 aromatic rings. The summed E-state index contributed by atoms with van der Waals surface area (Å²) < 4.78 is 1.72. The van der Waals surface area contributed by atoms with Crippen LogP contribution < -0.4 is 5.56 Å². The SMILES string of the molecule is C=CCn1c(=S)[nH]c2cc(C(=O)N3CCN(C(=O)c4ccc(CC)cc4)CC3)ccc2c1=O. The van der Waals surface area contributed by atoms with Crippen LogP contribution in [0.1, 0.15) is 33.2 Å². The largest absolute Gasteiger partial charge is 0.335 e. The van der Waals surface area contributed by atoms with E-state index in [-0.39, 0.29) is 22.1 Å². The van der Waals surface area contributed by atoms with Crippen LogP contribution in [0.5, 0.6) is 0 Å². The molecule has 0 spiro atoms. The number of aromatic amines is 1. The minimum Gasteiger partial charge on any atom is -0.335 e. The zero-order valence-electron chi connectivity index (χ0n) is 18.5. The van der Waals surface area contributed by atoms with E-state index in [0.717, 1.165) is 6.42 Å². The lowest BCUT2D eigenvalue weighted by Crippen LogP contribution is -2.50. The van der Waals surface area contributed by atoms with E-state index in [9.17, 15) is 14.4 Å². The molecule has 2 heterocycles. The standard InChI is InChI=1S/C25H26N4O3S/c1-3-11-29-24(32)20-10-9-19(16-21(20)26-25(29)33)23(31)28-14-12-27(13-15-28)22(30)18-7-5-17(4-2)6-8-18/h3,5-10,16H,1,4,11-15H2,2H3,(H,26,33). The van der Waals surface area contributed by atoms with E-state index < -0.39 is 0 Å². The Morgan fingerprint density at radius 2 is 1.58 bits per heavy atom. The molecule has 1 aliphatic heterocycles. The Morgan fingerprint density at radius 1 is 1.00 bits per heavy atom. The summed E-state index contributed by atoms with van der Waals surface area (Å²) in [6.07, 6.45) is 2.54. The maximum absolute atomic E-state index is 13.1. The van der Waals surface area contributed by atoms with E-state index in [0.29, 0.717) is 54.8 Å². The minimum absolute atomic E-state index is 0.0150. The number of piperazine rings is 1. The van der Waals surface area contributed by atoms with Crippen LogP contribution in [0, 0.1) is 4.77 Å². The molecule has 1 aliphatic rings. The number of aromatic nitrogens is 2. The predicted molar refractivity (Wildman–Crippen MR) is 131 cm³/mol. The number of nitrogens with one attached hydrogen (secondary N) is 1. The average Bonchev–Trinajstić information content (AvgIpc) is 2.85. The van der Waals surface area contributed by atoms with Crippen molar-refractivity contribution in [2.45, 2.75) is 19.9 Å². The molecule has 4 rings (SSSR count). The Bertz CT molecular complexity index is 1330. The van der Waals surface area contributed by atoms with Crippen molar-refractivity contribution in [3.05, 3.63) is 86.9 Å². The van der Waals surface area contributed by atoms with E-state index in [1.807, 2.05) is 24.3 Å². The van der Waals surface area contributed by atoms with Gasteiger partial charge < -0.3 is 14.8 Å². The van der Waals surface area contributed by atoms with Gasteiger partial charge in [-0.2, -0.15) is 0 Å². The quantitative estimate of drug-likeness (QED) is 0.466. The van der Waals surface area contributed by atoms with E-state index in [1.165, 1.54) is 10.1 Å². The molecule has 0 saturated carbocycles. The first-order valence-electron chi connectivity index (χ1n) is 11.0. The van der Waals surface area contributed by atoms with Gasteiger partial charge in [0.2, 0.25) is 0 Å². The maximum atomic E-state index is 13.1. The van der Waals surface area contributed by atoms with Crippen molar-refractivity contribution in [3.8, 4) is 0 Å². The number of rotatable bonds is 5. The highest BCUT2D eigenvalue weighted by Gasteiger charge is 2.25. The van der Waals surface area contributed by atoms with Crippen LogP contribution in [-0.4, -0.2) is 57.3 Å². The van der Waals surface area contributed by atoms with Crippen LogP contribution >= 0.6 is 12.2 Å². The van der Waals surface area contributed by atoms with Gasteiger partial charge in [-0.05, 0) is 54.5 Å². The zero-order valence-corrected chi connectivity index (χ0v) is 19.4. The van der Waals surface area contributed by atoms with E-state index in [2.05, 4.69) is 18.5 Å². The Morgan fingerprint density at radius 3 is 2.15 bits per heavy atom. The fraction of sp³-hybridized carbons (Fsp3) is 0.280. The molecular weight excluding hydrogens is 436 g/mol. The lowest BCUT2D eigenvalue weighted by atomic mass is 10.1. The van der Waals surface area contributed by atoms with Crippen molar-refractivity contribution >= 4 is 34.9 Å². The first kappa shape index (κ1) is 22.7. The van der Waals surface area contributed by atoms with E-state index in [1.54, 1.807) is 34.1 Å². The van der Waals surface area contributed by atoms with Gasteiger partial charge in [-0.25, -0.2) is 0 Å². The molecule has 1 fully saturated rings. The molecule has 0 bridgehead atoms. The molecule has 0 unspecified atom stereocenters. The third kappa shape index (κ3) is 4.52. The molecule has 0 aliphatic carbocycles. The monoisotopic (exact) mass is 462 g/mol. The van der Waals surface area contributed by atoms with Crippen LogP contribution in [0.2, 0.25) is 0 Å². The number of carbonyl (C=O) groups is 2. The van der Waals surface area contributed by atoms with Gasteiger partial charge in [0, 0.05) is 43.9 Å². The Hall–Kier alpha value is -3.52. The van der Waals surface area contributed by atoms with Crippen molar-refractivity contribution in [2.75, 3.05) is 26.2 Å². The molecular formula is C25H26N4O3S. The van der Waals surface area contributed by atoms with Gasteiger partial charge in [0.25, 0.3) is 17.4 Å². The normalized spacial score (nSPS) is 13.8. The summed E-state index contributed by atoms with van der Waals surface area (Å²) in [6.45, 7) is 7.90. The van der Waals surface area contributed by atoms with E-state index >= 15 is 0 Å². The summed E-state index contributed by atoms with van der Waals surface area (Å²) in [6, 6.07) is 12.7. The summed E-state index contributed by atoms with van der Waals surface area (Å²) in [7, 11) is 0. The maximum Gasteiger partial charge on any atom is 0.262 e. The number of aryl methyl sites for hydroxylation is 1. The van der Waals surface area contributed by atoms with Gasteiger partial charge in [-0.1, -0.05) is 25.1 Å². The molecule has 1 aromatic heterocycles. The number of amides is 2. The minimum atomic E-state index is -0.216. The number of hydrogen-bond donors (Lipinski definition) is 1. The summed E-state index contributed by atoms with van der Waals surface area (Å²) in [4.78, 5) is 45.1. The topological polar surface area (TPSA) is 78.4 Å². The highest BCUT2D eigenvalue weighted by atomic mass is 32.1. The Kier molecular flexibility index (Phi) is 6.55. The third-order valence-corrected chi connectivity index (χ3v) is 6.33. The molecule has 1 N–H and O–H groups in total. The second-order valence-electron chi connectivity index (χ2n) is 8.03. The fourth-order valence-electron chi connectivity index (χ4n) is 4.04. The average molecular weight is 463 g/mol. The first-order chi connectivity index (χ1) is 15.9. The lowest BCUT2D eigenvalue weighted by molar-refractivity contribution is 0.0535. The van der Waals surface area contributed by atoms with Crippen molar-refractivity contribution in [1.29, 1.82) is 0 Å². The second kappa shape index (κ2) is 9.54. The number of fused-ring (bicyclic) bond motifs is 1. The van der Waals surface area contributed by atoms with Crippen LogP contribution in [0.15, 0.2) is 59.9 Å². The van der Waals surface area contributed by atoms with Gasteiger partial charge in [-0.15, -0.1) is 6.58 Å². The summed E-state index contributed by atoms with van der Waals surface area (Å²) in [5.41, 5.74) is 2.65. The number of hydrogen-bond acceptors (Lipinski definition) is 4. The highest BCUT2D eigenvalue weighted by Crippen LogP contribution is 2.16. The van der Waals surface area contributed by atoms with Crippen molar-refractivity contribution in [3.63, 3.8) is 0 Å². The molecule has 0 atom stereocenters. The summed E-state index contributed by atoms with van der Waals surface area (Å²) in [5.74, 6) is -0.148. The molecule has 2 aromatic carbocycles. The van der Waals surface area contributed by atoms with Crippen LogP contribution in [-0.2, 0) is 13.0 Å². The van der Waals surface area contributed by atoms with Gasteiger partial charge >= 0.3 is 0 Å². The van der Waals surface area contributed by atoms with Gasteiger partial charge in [0.1, 0.15) is 0 Å². The number of benzene rings is 2. The Labute approximate surface area is 197 Å². The summed E-state index contributed by atoms with van der Waals surface area (Å²) >= 11 is 5.28. The number of H-pyrrole nitrogens is 1. The van der Waals surface area contributed by atoms with Crippen molar-refractivity contribution in [1.82, 2.24) is 19.4 Å². The predicted octanol–water partition coefficient (Wildman–Crippen LogP) is 3.41. The van der Waals surface area contributed by atoms with Gasteiger partial charge in [0.15, 0.2) is 4.77 Å². The number of nitrogens with zero attached hydrogens (tertiary/aromatic N) is 3. The number of allylic oxidation sites excluding steroid dienone is 1. The van der Waals surface area contributed by atoms with Crippen LogP contribution in [0.3, 0.4) is 0 Å². The molecule has 170 valence electrons. The smallest absolute Gasteiger partial charge is 0.262 e. The molecule has 7 nitrogen and oxygen atoms in total. The lowest BCUT2D eigenvalue weighted by Gasteiger charge is -2.35. The molecule has 33 heavy (non-hydrogen) atoms. The fourth-order valence-corrected chi connectivity index (χ4v) is 4.31. The second-order valence-corrected chi connectivity index (χ2v) is 8.42.